The number of benzene rings is 1. The molecule has 2 amide bonds. The lowest BCUT2D eigenvalue weighted by molar-refractivity contribution is 0.0665. The number of furan rings is 1. The Hall–Kier alpha value is -2.76. The average Bonchev–Trinajstić information content (AvgIpc) is 2.73. The molecule has 6 heteroatoms. The Morgan fingerprint density at radius 3 is 2.44 bits per heavy atom. The first-order valence-electron chi connectivity index (χ1n) is 5.07. The van der Waals surface area contributed by atoms with Crippen molar-refractivity contribution in [2.75, 3.05) is 5.32 Å². The van der Waals surface area contributed by atoms with Gasteiger partial charge in [-0.1, -0.05) is 30.3 Å². The quantitative estimate of drug-likeness (QED) is 0.771. The number of amides is 2. The standard InChI is InChI=1S/C12H10N2O4/c13-12(17)14-8-6-9(18-10(8)11(15)16)7-4-2-1-3-5-7/h1-6H,(H,15,16)(H3,13,14,17). The highest BCUT2D eigenvalue weighted by Gasteiger charge is 2.19. The van der Waals surface area contributed by atoms with E-state index in [9.17, 15) is 9.59 Å². The molecular weight excluding hydrogens is 236 g/mol. The van der Waals surface area contributed by atoms with Crippen LogP contribution in [0.15, 0.2) is 40.8 Å². The summed E-state index contributed by atoms with van der Waals surface area (Å²) in [5.74, 6) is -1.29. The molecule has 0 radical (unpaired) electrons. The van der Waals surface area contributed by atoms with Crippen LogP contribution < -0.4 is 11.1 Å². The summed E-state index contributed by atoms with van der Waals surface area (Å²) in [7, 11) is 0. The summed E-state index contributed by atoms with van der Waals surface area (Å²) < 4.78 is 5.19. The predicted octanol–water partition coefficient (Wildman–Crippen LogP) is 2.14. The Labute approximate surface area is 102 Å². The number of aromatic carboxylic acids is 1. The summed E-state index contributed by atoms with van der Waals surface area (Å²) in [5, 5.41) is 11.2. The molecule has 92 valence electrons. The number of carboxylic acids is 1. The Kier molecular flexibility index (Phi) is 3.01. The van der Waals surface area contributed by atoms with Crippen molar-refractivity contribution in [3.05, 3.63) is 42.2 Å². The van der Waals surface area contributed by atoms with Crippen molar-refractivity contribution < 1.29 is 19.1 Å². The fraction of sp³-hybridized carbons (Fsp3) is 0. The largest absolute Gasteiger partial charge is 0.475 e. The maximum absolute atomic E-state index is 11.0. The highest BCUT2D eigenvalue weighted by atomic mass is 16.4. The molecule has 0 fully saturated rings. The van der Waals surface area contributed by atoms with Crippen molar-refractivity contribution in [2.24, 2.45) is 5.73 Å². The molecule has 1 heterocycles. The number of carboxylic acid groups (broad SMARTS) is 1. The highest BCUT2D eigenvalue weighted by molar-refractivity contribution is 5.98. The van der Waals surface area contributed by atoms with E-state index in [2.05, 4.69) is 5.32 Å². The molecule has 4 N–H and O–H groups in total. The monoisotopic (exact) mass is 246 g/mol. The lowest BCUT2D eigenvalue weighted by Crippen LogP contribution is -2.20. The van der Waals surface area contributed by atoms with Gasteiger partial charge in [0.2, 0.25) is 5.76 Å². The van der Waals surface area contributed by atoms with Crippen LogP contribution in [0.3, 0.4) is 0 Å². The van der Waals surface area contributed by atoms with Crippen LogP contribution >= 0.6 is 0 Å². The van der Waals surface area contributed by atoms with Crippen LogP contribution in [0.25, 0.3) is 11.3 Å². The summed E-state index contributed by atoms with van der Waals surface area (Å²) in [6.07, 6.45) is 0. The van der Waals surface area contributed by atoms with Crippen LogP contribution in [0.4, 0.5) is 10.5 Å². The molecule has 0 aliphatic heterocycles. The normalized spacial score (nSPS) is 10.0. The number of nitrogens with two attached hydrogens (primary N) is 1. The molecule has 1 aromatic heterocycles. The van der Waals surface area contributed by atoms with Crippen LogP contribution in [0.5, 0.6) is 0 Å². The van der Waals surface area contributed by atoms with Gasteiger partial charge in [-0.2, -0.15) is 0 Å². The number of hydrogen-bond donors (Lipinski definition) is 3. The zero-order chi connectivity index (χ0) is 13.1. The van der Waals surface area contributed by atoms with E-state index in [1.165, 1.54) is 6.07 Å². The highest BCUT2D eigenvalue weighted by Crippen LogP contribution is 2.29. The molecule has 0 unspecified atom stereocenters. The van der Waals surface area contributed by atoms with Gasteiger partial charge < -0.3 is 20.6 Å². The lowest BCUT2D eigenvalue weighted by Gasteiger charge is -1.96. The zero-order valence-electron chi connectivity index (χ0n) is 9.21. The van der Waals surface area contributed by atoms with Gasteiger partial charge in [0.05, 0.1) is 5.69 Å². The van der Waals surface area contributed by atoms with Crippen molar-refractivity contribution in [1.29, 1.82) is 0 Å². The molecule has 18 heavy (non-hydrogen) atoms. The number of nitrogens with one attached hydrogen (secondary N) is 1. The molecule has 2 rings (SSSR count). The molecule has 0 aliphatic rings. The maximum Gasteiger partial charge on any atom is 0.374 e. The minimum atomic E-state index is -1.28. The Morgan fingerprint density at radius 1 is 1.22 bits per heavy atom. The number of primary amides is 1. The Balaban J connectivity index is 2.45. The zero-order valence-corrected chi connectivity index (χ0v) is 9.21. The predicted molar refractivity (Wildman–Crippen MR) is 64.3 cm³/mol. The van der Waals surface area contributed by atoms with Crippen LogP contribution in [0.1, 0.15) is 10.6 Å². The molecule has 0 atom stereocenters. The van der Waals surface area contributed by atoms with Gasteiger partial charge in [-0.15, -0.1) is 0 Å². The van der Waals surface area contributed by atoms with E-state index in [0.717, 1.165) is 0 Å². The van der Waals surface area contributed by atoms with E-state index in [1.54, 1.807) is 24.3 Å². The molecular formula is C12H10N2O4. The second-order valence-corrected chi connectivity index (χ2v) is 3.51. The van der Waals surface area contributed by atoms with Gasteiger partial charge in [-0.3, -0.25) is 0 Å². The first-order chi connectivity index (χ1) is 8.58. The van der Waals surface area contributed by atoms with Gasteiger partial charge in [0.15, 0.2) is 0 Å². The van der Waals surface area contributed by atoms with Crippen molar-refractivity contribution in [2.45, 2.75) is 0 Å². The third-order valence-corrected chi connectivity index (χ3v) is 2.24. The number of anilines is 1. The second-order valence-electron chi connectivity index (χ2n) is 3.51. The first kappa shape index (κ1) is 11.7. The van der Waals surface area contributed by atoms with Crippen LogP contribution in [-0.2, 0) is 0 Å². The van der Waals surface area contributed by atoms with Gasteiger partial charge >= 0.3 is 12.0 Å². The van der Waals surface area contributed by atoms with E-state index < -0.39 is 12.0 Å². The molecule has 6 nitrogen and oxygen atoms in total. The first-order valence-corrected chi connectivity index (χ1v) is 5.07. The van der Waals surface area contributed by atoms with Gasteiger partial charge in [-0.05, 0) is 0 Å². The molecule has 0 spiro atoms. The van der Waals surface area contributed by atoms with Crippen molar-refractivity contribution >= 4 is 17.7 Å². The molecule has 2 aromatic rings. The third-order valence-electron chi connectivity index (χ3n) is 2.24. The summed E-state index contributed by atoms with van der Waals surface area (Å²) in [5.41, 5.74) is 5.70. The van der Waals surface area contributed by atoms with Crippen LogP contribution in [-0.4, -0.2) is 17.1 Å². The number of urea groups is 1. The molecule has 0 saturated heterocycles. The average molecular weight is 246 g/mol. The summed E-state index contributed by atoms with van der Waals surface area (Å²) >= 11 is 0. The number of hydrogen-bond acceptors (Lipinski definition) is 3. The molecule has 0 bridgehead atoms. The van der Waals surface area contributed by atoms with E-state index in [0.29, 0.717) is 11.3 Å². The summed E-state index contributed by atoms with van der Waals surface area (Å²) in [6, 6.07) is 9.50. The van der Waals surface area contributed by atoms with Crippen LogP contribution in [0.2, 0.25) is 0 Å². The topological polar surface area (TPSA) is 106 Å². The Bertz CT molecular complexity index is 589. The maximum atomic E-state index is 11.0. The Morgan fingerprint density at radius 2 is 1.89 bits per heavy atom. The van der Waals surface area contributed by atoms with Crippen LogP contribution in [0, 0.1) is 0 Å². The van der Waals surface area contributed by atoms with Gasteiger partial charge in [-0.25, -0.2) is 9.59 Å². The summed E-state index contributed by atoms with van der Waals surface area (Å²) in [6.45, 7) is 0. The second kappa shape index (κ2) is 4.62. The van der Waals surface area contributed by atoms with Crippen molar-refractivity contribution in [1.82, 2.24) is 0 Å². The third kappa shape index (κ3) is 2.32. The summed E-state index contributed by atoms with van der Waals surface area (Å²) in [4.78, 5) is 21.7. The smallest absolute Gasteiger partial charge is 0.374 e. The number of carbonyl (C=O) groups is 2. The molecule has 0 aliphatic carbocycles. The van der Waals surface area contributed by atoms with Gasteiger partial charge in [0, 0.05) is 11.6 Å². The number of carbonyl (C=O) groups excluding carboxylic acids is 1. The van der Waals surface area contributed by atoms with E-state index in [-0.39, 0.29) is 11.4 Å². The van der Waals surface area contributed by atoms with E-state index >= 15 is 0 Å². The minimum Gasteiger partial charge on any atom is -0.475 e. The molecule has 1 aromatic carbocycles. The molecule has 0 saturated carbocycles. The van der Waals surface area contributed by atoms with E-state index in [4.69, 9.17) is 15.3 Å². The van der Waals surface area contributed by atoms with Crippen molar-refractivity contribution in [3.63, 3.8) is 0 Å². The van der Waals surface area contributed by atoms with Gasteiger partial charge in [0.25, 0.3) is 0 Å². The lowest BCUT2D eigenvalue weighted by atomic mass is 10.2. The minimum absolute atomic E-state index is 0.0360. The SMILES string of the molecule is NC(=O)Nc1cc(-c2ccccc2)oc1C(=O)O. The van der Waals surface area contributed by atoms with Gasteiger partial charge in [0.1, 0.15) is 5.76 Å². The fourth-order valence-electron chi connectivity index (χ4n) is 1.52. The van der Waals surface area contributed by atoms with E-state index in [1.807, 2.05) is 6.07 Å². The number of rotatable bonds is 3. The fourth-order valence-corrected chi connectivity index (χ4v) is 1.52. The van der Waals surface area contributed by atoms with Crippen molar-refractivity contribution in [3.8, 4) is 11.3 Å².